The molecular formula is C25H34N2O2S. The monoisotopic (exact) mass is 426 g/mol. The molecule has 5 heteroatoms. The highest BCUT2D eigenvalue weighted by atomic mass is 32.1. The van der Waals surface area contributed by atoms with Crippen LogP contribution in [0.3, 0.4) is 0 Å². The van der Waals surface area contributed by atoms with Crippen molar-refractivity contribution in [1.82, 2.24) is 9.97 Å². The number of fused-ring (bicyclic) bond motifs is 1. The number of hydrogen-bond donors (Lipinski definition) is 1. The summed E-state index contributed by atoms with van der Waals surface area (Å²) in [6, 6.07) is 5.47. The summed E-state index contributed by atoms with van der Waals surface area (Å²) in [4.78, 5) is 21.1. The zero-order chi connectivity index (χ0) is 21.5. The average molecular weight is 427 g/mol. The second-order valence-electron chi connectivity index (χ2n) is 8.32. The topological polar surface area (TPSA) is 55.0 Å². The van der Waals surface area contributed by atoms with Gasteiger partial charge in [0, 0.05) is 22.4 Å². The van der Waals surface area contributed by atoms with E-state index in [0.717, 1.165) is 51.5 Å². The number of methoxy groups -OCH3 is 1. The van der Waals surface area contributed by atoms with E-state index in [-0.39, 0.29) is 5.43 Å². The van der Waals surface area contributed by atoms with Crippen molar-refractivity contribution in [3.63, 3.8) is 0 Å². The Kier molecular flexibility index (Phi) is 8.08. The van der Waals surface area contributed by atoms with E-state index in [9.17, 15) is 4.79 Å². The number of rotatable bonds is 11. The van der Waals surface area contributed by atoms with Crippen LogP contribution in [-0.4, -0.2) is 17.1 Å². The fourth-order valence-electron chi connectivity index (χ4n) is 3.84. The summed E-state index contributed by atoms with van der Waals surface area (Å²) < 4.78 is 5.65. The van der Waals surface area contributed by atoms with Gasteiger partial charge in [-0.1, -0.05) is 59.3 Å². The summed E-state index contributed by atoms with van der Waals surface area (Å²) in [6.45, 7) is 6.51. The Hall–Kier alpha value is -2.14. The lowest BCUT2D eigenvalue weighted by atomic mass is 10.0. The van der Waals surface area contributed by atoms with E-state index < -0.39 is 0 Å². The molecule has 1 aromatic carbocycles. The maximum atomic E-state index is 12.9. The number of ether oxygens (including phenoxy) is 1. The lowest BCUT2D eigenvalue weighted by Crippen LogP contribution is -2.06. The smallest absolute Gasteiger partial charge is 0.190 e. The molecular weight excluding hydrogens is 392 g/mol. The van der Waals surface area contributed by atoms with Crippen molar-refractivity contribution >= 4 is 22.2 Å². The maximum absolute atomic E-state index is 12.9. The van der Waals surface area contributed by atoms with Gasteiger partial charge in [0.1, 0.15) is 10.8 Å². The molecule has 3 aromatic rings. The van der Waals surface area contributed by atoms with Crippen molar-refractivity contribution in [3.05, 3.63) is 45.1 Å². The molecule has 0 saturated heterocycles. The van der Waals surface area contributed by atoms with E-state index in [0.29, 0.717) is 5.92 Å². The molecule has 3 rings (SSSR count). The molecule has 2 aromatic heterocycles. The third-order valence-corrected chi connectivity index (χ3v) is 6.56. The Morgan fingerprint density at radius 2 is 1.83 bits per heavy atom. The highest BCUT2D eigenvalue weighted by molar-refractivity contribution is 7.13. The largest absolute Gasteiger partial charge is 0.496 e. The number of aromatic nitrogens is 2. The van der Waals surface area contributed by atoms with Gasteiger partial charge in [-0.15, -0.1) is 11.3 Å². The third-order valence-electron chi connectivity index (χ3n) is 5.66. The van der Waals surface area contributed by atoms with Gasteiger partial charge >= 0.3 is 0 Å². The number of aryl methyl sites for hydroxylation is 1. The second kappa shape index (κ2) is 10.8. The molecule has 0 aliphatic heterocycles. The minimum atomic E-state index is 0.0310. The van der Waals surface area contributed by atoms with Gasteiger partial charge in [-0.05, 0) is 30.9 Å². The number of benzene rings is 1. The predicted molar refractivity (Wildman–Crippen MR) is 128 cm³/mol. The zero-order valence-corrected chi connectivity index (χ0v) is 19.5. The molecule has 1 N–H and O–H groups in total. The number of unbranched alkanes of at least 4 members (excludes halogenated alkanes) is 6. The normalized spacial score (nSPS) is 11.5. The number of nitrogens with zero attached hydrogens (tertiary/aromatic N) is 1. The Bertz CT molecular complexity index is 1020. The van der Waals surface area contributed by atoms with E-state index in [1.54, 1.807) is 24.5 Å². The maximum Gasteiger partial charge on any atom is 0.190 e. The van der Waals surface area contributed by atoms with Crippen LogP contribution in [0.25, 0.3) is 21.6 Å². The molecule has 0 saturated carbocycles. The standard InChI is InChI=1S/C25H34N2O2S/c1-5-6-7-8-9-10-11-12-19-23(29-4)14-13-18-22(28)15-20(26-24(18)19)25-27-21(16-30-25)17(2)3/h13-17H,5-12H2,1-4H3,(H,26,28). The molecule has 4 nitrogen and oxygen atoms in total. The van der Waals surface area contributed by atoms with Crippen molar-refractivity contribution < 1.29 is 4.74 Å². The third kappa shape index (κ3) is 5.31. The SMILES string of the molecule is CCCCCCCCCc1c(OC)ccc2c(=O)cc(-c3nc(C(C)C)cs3)[nH]c12. The molecule has 0 bridgehead atoms. The van der Waals surface area contributed by atoms with Crippen molar-refractivity contribution in [1.29, 1.82) is 0 Å². The minimum absolute atomic E-state index is 0.0310. The van der Waals surface area contributed by atoms with E-state index in [1.807, 2.05) is 12.1 Å². The van der Waals surface area contributed by atoms with Gasteiger partial charge in [0.25, 0.3) is 0 Å². The first-order valence-electron chi connectivity index (χ1n) is 11.2. The van der Waals surface area contributed by atoms with Gasteiger partial charge < -0.3 is 9.72 Å². The Morgan fingerprint density at radius 1 is 1.10 bits per heavy atom. The van der Waals surface area contributed by atoms with Crippen LogP contribution in [0.2, 0.25) is 0 Å². The summed E-state index contributed by atoms with van der Waals surface area (Å²) in [7, 11) is 1.70. The molecule has 0 radical (unpaired) electrons. The quantitative estimate of drug-likeness (QED) is 0.333. The molecule has 2 heterocycles. The first kappa shape index (κ1) is 22.5. The highest BCUT2D eigenvalue weighted by Gasteiger charge is 2.15. The summed E-state index contributed by atoms with van der Waals surface area (Å²) in [5.74, 6) is 1.22. The number of H-pyrrole nitrogens is 1. The molecule has 0 amide bonds. The van der Waals surface area contributed by atoms with Gasteiger partial charge in [-0.25, -0.2) is 4.98 Å². The Balaban J connectivity index is 1.88. The van der Waals surface area contributed by atoms with E-state index >= 15 is 0 Å². The van der Waals surface area contributed by atoms with E-state index in [2.05, 4.69) is 31.1 Å². The molecule has 0 aliphatic carbocycles. The Labute approximate surface area is 183 Å². The number of nitrogens with one attached hydrogen (secondary N) is 1. The number of aromatic amines is 1. The van der Waals surface area contributed by atoms with Crippen molar-refractivity contribution in [3.8, 4) is 16.5 Å². The first-order chi connectivity index (χ1) is 14.5. The Morgan fingerprint density at radius 3 is 2.50 bits per heavy atom. The van der Waals surface area contributed by atoms with Crippen LogP contribution in [0, 0.1) is 0 Å². The summed E-state index contributed by atoms with van der Waals surface area (Å²) >= 11 is 1.58. The van der Waals surface area contributed by atoms with E-state index in [1.165, 1.54) is 38.5 Å². The van der Waals surface area contributed by atoms with Crippen LogP contribution in [0.15, 0.2) is 28.4 Å². The number of thiazole rings is 1. The number of pyridine rings is 1. The number of hydrogen-bond acceptors (Lipinski definition) is 4. The van der Waals surface area contributed by atoms with Gasteiger partial charge in [0.15, 0.2) is 5.43 Å². The van der Waals surface area contributed by atoms with Crippen molar-refractivity contribution in [2.75, 3.05) is 7.11 Å². The first-order valence-corrected chi connectivity index (χ1v) is 12.1. The van der Waals surface area contributed by atoms with Gasteiger partial charge in [0.05, 0.1) is 24.0 Å². The molecule has 30 heavy (non-hydrogen) atoms. The predicted octanol–water partition coefficient (Wildman–Crippen LogP) is 7.08. The van der Waals surface area contributed by atoms with E-state index in [4.69, 9.17) is 9.72 Å². The fraction of sp³-hybridized carbons (Fsp3) is 0.520. The highest BCUT2D eigenvalue weighted by Crippen LogP contribution is 2.30. The molecule has 0 aliphatic rings. The fourth-order valence-corrected chi connectivity index (χ4v) is 4.80. The van der Waals surface area contributed by atoms with Gasteiger partial charge in [0.2, 0.25) is 0 Å². The molecule has 162 valence electrons. The second-order valence-corrected chi connectivity index (χ2v) is 9.18. The molecule has 0 spiro atoms. The van der Waals surface area contributed by atoms with Crippen LogP contribution in [0.4, 0.5) is 0 Å². The summed E-state index contributed by atoms with van der Waals surface area (Å²) in [5, 5.41) is 3.66. The van der Waals surface area contributed by atoms with Crippen molar-refractivity contribution in [2.24, 2.45) is 0 Å². The van der Waals surface area contributed by atoms with Crippen LogP contribution in [0.5, 0.6) is 5.75 Å². The lowest BCUT2D eigenvalue weighted by molar-refractivity contribution is 0.409. The minimum Gasteiger partial charge on any atom is -0.496 e. The lowest BCUT2D eigenvalue weighted by Gasteiger charge is -2.13. The molecule has 0 atom stereocenters. The molecule has 0 fully saturated rings. The molecule has 0 unspecified atom stereocenters. The average Bonchev–Trinajstić information content (AvgIpc) is 3.23. The van der Waals surface area contributed by atoms with Gasteiger partial charge in [-0.2, -0.15) is 0 Å². The van der Waals surface area contributed by atoms with Crippen LogP contribution in [0.1, 0.15) is 82.9 Å². The zero-order valence-electron chi connectivity index (χ0n) is 18.7. The van der Waals surface area contributed by atoms with Gasteiger partial charge in [-0.3, -0.25) is 4.79 Å². The summed E-state index contributed by atoms with van der Waals surface area (Å²) in [5.41, 5.74) is 3.87. The van der Waals surface area contributed by atoms with Crippen LogP contribution >= 0.6 is 11.3 Å². The van der Waals surface area contributed by atoms with Crippen LogP contribution < -0.4 is 10.2 Å². The summed E-state index contributed by atoms with van der Waals surface area (Å²) in [6.07, 6.45) is 9.73. The van der Waals surface area contributed by atoms with Crippen LogP contribution in [-0.2, 0) is 6.42 Å². The van der Waals surface area contributed by atoms with Crippen molar-refractivity contribution in [2.45, 2.75) is 78.1 Å².